The lowest BCUT2D eigenvalue weighted by atomic mass is 9.95. The molecule has 1 aliphatic rings. The number of urea groups is 1. The Hall–Kier alpha value is -4.37. The van der Waals surface area contributed by atoms with Crippen LogP contribution in [-0.2, 0) is 9.53 Å². The van der Waals surface area contributed by atoms with E-state index in [1.54, 1.807) is 45.0 Å². The summed E-state index contributed by atoms with van der Waals surface area (Å²) >= 11 is 3.27. The van der Waals surface area contributed by atoms with Crippen LogP contribution in [0.4, 0.5) is 10.5 Å². The number of allylic oxidation sites excluding steroid dienone is 1. The number of nitro groups is 1. The van der Waals surface area contributed by atoms with Crippen LogP contribution in [-0.4, -0.2) is 61.4 Å². The van der Waals surface area contributed by atoms with Crippen LogP contribution in [0.2, 0.25) is 0 Å². The molecule has 2 aromatic carbocycles. The number of rotatable bonds is 13. The SMILES string of the molecule is CCOc1cc([C@@H]2NC(=O)NC(C)=C2C(=O)OC)ccc1OC[C@H](O)N/N=C/c1cc(Br)c(OCC)c([N+](=O)[O-])c1. The number of hydrazone groups is 1. The van der Waals surface area contributed by atoms with Crippen molar-refractivity contribution in [1.29, 1.82) is 0 Å². The monoisotopic (exact) mass is 635 g/mol. The molecule has 0 spiro atoms. The Balaban J connectivity index is 1.71. The van der Waals surface area contributed by atoms with Gasteiger partial charge in [0.2, 0.25) is 5.75 Å². The fraction of sp³-hybridized carbons (Fsp3) is 0.346. The number of nitro benzene ring substituents is 1. The largest absolute Gasteiger partial charge is 0.490 e. The lowest BCUT2D eigenvalue weighted by Gasteiger charge is -2.28. The third kappa shape index (κ3) is 7.85. The first-order valence-corrected chi connectivity index (χ1v) is 13.2. The van der Waals surface area contributed by atoms with Crippen LogP contribution >= 0.6 is 15.9 Å². The van der Waals surface area contributed by atoms with Gasteiger partial charge < -0.3 is 34.7 Å². The second kappa shape index (κ2) is 14.3. The number of hydrogen-bond donors (Lipinski definition) is 4. The van der Waals surface area contributed by atoms with Gasteiger partial charge in [-0.3, -0.25) is 15.5 Å². The van der Waals surface area contributed by atoms with E-state index in [1.807, 2.05) is 0 Å². The molecule has 0 radical (unpaired) electrons. The summed E-state index contributed by atoms with van der Waals surface area (Å²) in [5.41, 5.74) is 3.81. The summed E-state index contributed by atoms with van der Waals surface area (Å²) in [5.74, 6) is 0.136. The van der Waals surface area contributed by atoms with E-state index < -0.39 is 29.2 Å². The number of amides is 2. The van der Waals surface area contributed by atoms with Gasteiger partial charge in [0.1, 0.15) is 6.61 Å². The second-order valence-electron chi connectivity index (χ2n) is 8.46. The van der Waals surface area contributed by atoms with Crippen molar-refractivity contribution in [3.63, 3.8) is 0 Å². The zero-order valence-electron chi connectivity index (χ0n) is 22.7. The highest BCUT2D eigenvalue weighted by atomic mass is 79.9. The molecule has 2 atom stereocenters. The molecule has 0 saturated heterocycles. The van der Waals surface area contributed by atoms with Crippen molar-refractivity contribution in [2.45, 2.75) is 33.0 Å². The summed E-state index contributed by atoms with van der Waals surface area (Å²) in [6.45, 7) is 5.42. The molecular weight excluding hydrogens is 606 g/mol. The van der Waals surface area contributed by atoms with Crippen molar-refractivity contribution < 1.29 is 38.6 Å². The molecule has 3 rings (SSSR count). The highest BCUT2D eigenvalue weighted by molar-refractivity contribution is 9.10. The maximum Gasteiger partial charge on any atom is 0.337 e. The number of nitrogens with one attached hydrogen (secondary N) is 3. The quantitative estimate of drug-likeness (QED) is 0.0837. The van der Waals surface area contributed by atoms with E-state index in [4.69, 9.17) is 18.9 Å². The molecule has 1 heterocycles. The number of aliphatic hydroxyl groups is 1. The van der Waals surface area contributed by atoms with Crippen LogP contribution in [0.3, 0.4) is 0 Å². The first kappa shape index (κ1) is 31.2. The highest BCUT2D eigenvalue weighted by Crippen LogP contribution is 2.36. The molecule has 220 valence electrons. The van der Waals surface area contributed by atoms with E-state index in [1.165, 1.54) is 19.4 Å². The zero-order chi connectivity index (χ0) is 30.1. The van der Waals surface area contributed by atoms with Crippen LogP contribution < -0.4 is 30.3 Å². The molecule has 15 heteroatoms. The lowest BCUT2D eigenvalue weighted by Crippen LogP contribution is -2.45. The number of aliphatic hydroxyl groups excluding tert-OH is 1. The normalized spacial score (nSPS) is 15.6. The van der Waals surface area contributed by atoms with Crippen molar-refractivity contribution in [2.75, 3.05) is 26.9 Å². The third-order valence-corrected chi connectivity index (χ3v) is 6.23. The summed E-state index contributed by atoms with van der Waals surface area (Å²) in [5, 5.41) is 30.9. The molecule has 0 saturated carbocycles. The molecule has 2 aromatic rings. The van der Waals surface area contributed by atoms with Crippen LogP contribution in [0.5, 0.6) is 17.2 Å². The van der Waals surface area contributed by atoms with E-state index >= 15 is 0 Å². The molecule has 1 aliphatic heterocycles. The third-order valence-electron chi connectivity index (χ3n) is 5.64. The molecule has 0 unspecified atom stereocenters. The molecule has 0 aliphatic carbocycles. The molecule has 0 bridgehead atoms. The summed E-state index contributed by atoms with van der Waals surface area (Å²) < 4.78 is 22.0. The maximum absolute atomic E-state index is 12.4. The minimum atomic E-state index is -1.25. The lowest BCUT2D eigenvalue weighted by molar-refractivity contribution is -0.385. The van der Waals surface area contributed by atoms with Gasteiger partial charge in [0.15, 0.2) is 17.7 Å². The first-order chi connectivity index (χ1) is 19.6. The molecule has 0 aromatic heterocycles. The van der Waals surface area contributed by atoms with Crippen molar-refractivity contribution in [2.24, 2.45) is 5.10 Å². The van der Waals surface area contributed by atoms with E-state index in [-0.39, 0.29) is 30.2 Å². The van der Waals surface area contributed by atoms with Gasteiger partial charge in [-0.25, -0.2) is 9.59 Å². The summed E-state index contributed by atoms with van der Waals surface area (Å²) in [6.07, 6.45) is 0.0560. The maximum atomic E-state index is 12.4. The average molecular weight is 636 g/mol. The first-order valence-electron chi connectivity index (χ1n) is 12.4. The number of carbonyl (C=O) groups excluding carboxylic acids is 2. The fourth-order valence-electron chi connectivity index (χ4n) is 3.92. The topological polar surface area (TPSA) is 183 Å². The smallest absolute Gasteiger partial charge is 0.337 e. The van der Waals surface area contributed by atoms with Crippen LogP contribution in [0, 0.1) is 10.1 Å². The fourth-order valence-corrected chi connectivity index (χ4v) is 4.50. The van der Waals surface area contributed by atoms with E-state index in [2.05, 4.69) is 37.1 Å². The van der Waals surface area contributed by atoms with Gasteiger partial charge >= 0.3 is 17.7 Å². The Bertz CT molecular complexity index is 1370. The van der Waals surface area contributed by atoms with Gasteiger partial charge in [0, 0.05) is 17.3 Å². The number of nitrogens with zero attached hydrogens (tertiary/aromatic N) is 2. The minimum Gasteiger partial charge on any atom is -0.490 e. The van der Waals surface area contributed by atoms with E-state index in [0.29, 0.717) is 39.4 Å². The summed E-state index contributed by atoms with van der Waals surface area (Å²) in [4.78, 5) is 35.3. The number of hydrogen-bond acceptors (Lipinski definition) is 11. The molecular formula is C26H30BrN5O9. The summed E-state index contributed by atoms with van der Waals surface area (Å²) in [7, 11) is 1.25. The number of ether oxygens (including phenoxy) is 4. The van der Waals surface area contributed by atoms with Crippen molar-refractivity contribution in [1.82, 2.24) is 16.1 Å². The van der Waals surface area contributed by atoms with Gasteiger partial charge in [0.05, 0.1) is 47.5 Å². The molecule has 4 N–H and O–H groups in total. The number of carbonyl (C=O) groups is 2. The Morgan fingerprint density at radius 1 is 1.22 bits per heavy atom. The Kier molecular flexibility index (Phi) is 10.9. The highest BCUT2D eigenvalue weighted by Gasteiger charge is 2.32. The molecule has 0 fully saturated rings. The standard InChI is InChI=1S/C26H30BrN5O9/c1-5-39-20-11-16(23-22(25(34)38-4)14(3)29-26(35)30-23)7-8-19(20)41-13-21(33)31-28-12-15-9-17(27)24(40-6-2)18(10-15)32(36)37/h7-12,21,23,31,33H,5-6,13H2,1-4H3,(H2,29,30,35)/b28-12+/t21-,23-/m0/s1. The van der Waals surface area contributed by atoms with Gasteiger partial charge in [0.25, 0.3) is 0 Å². The Morgan fingerprint density at radius 2 is 1.95 bits per heavy atom. The van der Waals surface area contributed by atoms with Crippen LogP contribution in [0.25, 0.3) is 0 Å². The predicted molar refractivity (Wildman–Crippen MR) is 151 cm³/mol. The molecule has 41 heavy (non-hydrogen) atoms. The molecule has 14 nitrogen and oxygen atoms in total. The minimum absolute atomic E-state index is 0.113. The number of halogens is 1. The van der Waals surface area contributed by atoms with E-state index in [0.717, 1.165) is 0 Å². The van der Waals surface area contributed by atoms with Crippen molar-refractivity contribution >= 4 is 39.8 Å². The van der Waals surface area contributed by atoms with Crippen molar-refractivity contribution in [3.05, 3.63) is 67.3 Å². The number of benzene rings is 2. The van der Waals surface area contributed by atoms with Gasteiger partial charge in [-0.2, -0.15) is 5.10 Å². The second-order valence-corrected chi connectivity index (χ2v) is 9.31. The average Bonchev–Trinajstić information content (AvgIpc) is 2.92. The number of esters is 1. The summed E-state index contributed by atoms with van der Waals surface area (Å²) in [6, 6.07) is 6.50. The van der Waals surface area contributed by atoms with Crippen LogP contribution in [0.1, 0.15) is 37.9 Å². The zero-order valence-corrected chi connectivity index (χ0v) is 24.3. The van der Waals surface area contributed by atoms with Gasteiger partial charge in [-0.15, -0.1) is 0 Å². The van der Waals surface area contributed by atoms with E-state index in [9.17, 15) is 24.8 Å². The van der Waals surface area contributed by atoms with Crippen molar-refractivity contribution in [3.8, 4) is 17.2 Å². The van der Waals surface area contributed by atoms with Gasteiger partial charge in [-0.05, 0) is 60.5 Å². The van der Waals surface area contributed by atoms with Crippen LogP contribution in [0.15, 0.2) is 51.2 Å². The Morgan fingerprint density at radius 3 is 2.61 bits per heavy atom. The Labute approximate surface area is 244 Å². The number of methoxy groups -OCH3 is 1. The predicted octanol–water partition coefficient (Wildman–Crippen LogP) is 3.28. The molecule has 2 amide bonds. The van der Waals surface area contributed by atoms with Gasteiger partial charge in [-0.1, -0.05) is 6.07 Å².